The third-order valence-electron chi connectivity index (χ3n) is 7.29. The first-order valence-electron chi connectivity index (χ1n) is 12.7. The lowest BCUT2D eigenvalue weighted by Crippen LogP contribution is -2.04. The maximum atomic E-state index is 5.20. The Balaban J connectivity index is 1.56. The van der Waals surface area contributed by atoms with Gasteiger partial charge in [-0.2, -0.15) is 0 Å². The summed E-state index contributed by atoms with van der Waals surface area (Å²) in [6, 6.07) is 42.4. The van der Waals surface area contributed by atoms with Gasteiger partial charge >= 0.3 is 0 Å². The van der Waals surface area contributed by atoms with Gasteiger partial charge in [-0.25, -0.2) is 9.97 Å². The molecule has 0 saturated carbocycles. The van der Waals surface area contributed by atoms with Crippen LogP contribution in [0.1, 0.15) is 0 Å². The highest BCUT2D eigenvalue weighted by Crippen LogP contribution is 2.43. The van der Waals surface area contributed by atoms with E-state index in [9.17, 15) is 0 Å². The molecule has 0 unspecified atom stereocenters. The maximum Gasteiger partial charge on any atom is 0.235 e. The molecule has 3 heterocycles. The first-order valence-corrected chi connectivity index (χ1v) is 13.6. The highest BCUT2D eigenvalue weighted by Gasteiger charge is 2.21. The highest BCUT2D eigenvalue weighted by molar-refractivity contribution is 7.18. The summed E-state index contributed by atoms with van der Waals surface area (Å²) in [4.78, 5) is 10.4. The summed E-state index contributed by atoms with van der Waals surface area (Å²) in [5, 5.41) is 8.43. The monoisotopic (exact) mass is 503 g/mol. The molecule has 4 heteroatoms. The molecule has 0 fully saturated rings. The van der Waals surface area contributed by atoms with Crippen molar-refractivity contribution >= 4 is 54.0 Å². The van der Waals surface area contributed by atoms with Crippen LogP contribution in [-0.4, -0.2) is 14.5 Å². The van der Waals surface area contributed by atoms with Crippen molar-refractivity contribution in [3.05, 3.63) is 127 Å². The summed E-state index contributed by atoms with van der Waals surface area (Å²) in [6.07, 6.45) is 0. The molecule has 3 nitrogen and oxygen atoms in total. The van der Waals surface area contributed by atoms with Crippen molar-refractivity contribution in [2.75, 3.05) is 0 Å². The second-order valence-corrected chi connectivity index (χ2v) is 10.4. The average molecular weight is 504 g/mol. The van der Waals surface area contributed by atoms with E-state index in [4.69, 9.17) is 9.97 Å². The van der Waals surface area contributed by atoms with E-state index in [2.05, 4.69) is 119 Å². The molecule has 0 atom stereocenters. The summed E-state index contributed by atoms with van der Waals surface area (Å²) in [5.74, 6) is 0.680. The van der Waals surface area contributed by atoms with Gasteiger partial charge in [0.15, 0.2) is 0 Å². The predicted molar refractivity (Wildman–Crippen MR) is 160 cm³/mol. The van der Waals surface area contributed by atoms with Gasteiger partial charge in [-0.15, -0.1) is 11.3 Å². The number of nitrogens with zero attached hydrogens (tertiary/aromatic N) is 3. The fourth-order valence-corrected chi connectivity index (χ4v) is 6.56. The highest BCUT2D eigenvalue weighted by atomic mass is 32.1. The average Bonchev–Trinajstić information content (AvgIpc) is 3.62. The number of rotatable bonds is 3. The van der Waals surface area contributed by atoms with Gasteiger partial charge in [0, 0.05) is 37.4 Å². The molecule has 3 aromatic heterocycles. The largest absolute Gasteiger partial charge is 0.277 e. The molecule has 0 radical (unpaired) electrons. The Kier molecular flexibility index (Phi) is 4.69. The van der Waals surface area contributed by atoms with Crippen molar-refractivity contribution in [2.45, 2.75) is 0 Å². The van der Waals surface area contributed by atoms with E-state index < -0.39 is 0 Å². The number of thiophene rings is 1. The zero-order valence-electron chi connectivity index (χ0n) is 20.4. The fraction of sp³-hybridized carbons (Fsp3) is 0. The fourth-order valence-electron chi connectivity index (χ4n) is 5.63. The zero-order valence-corrected chi connectivity index (χ0v) is 21.2. The summed E-state index contributed by atoms with van der Waals surface area (Å²) >= 11 is 1.79. The van der Waals surface area contributed by atoms with E-state index >= 15 is 0 Å². The molecule has 8 aromatic rings. The molecule has 8 rings (SSSR count). The molecule has 0 bridgehead atoms. The molecule has 38 heavy (non-hydrogen) atoms. The van der Waals surface area contributed by atoms with Crippen LogP contribution in [0.15, 0.2) is 127 Å². The number of para-hydroxylation sites is 1. The first kappa shape index (κ1) is 21.3. The van der Waals surface area contributed by atoms with Gasteiger partial charge in [0.25, 0.3) is 0 Å². The normalized spacial score (nSPS) is 11.7. The molecule has 178 valence electrons. The Bertz CT molecular complexity index is 2070. The second-order valence-electron chi connectivity index (χ2n) is 9.46. The third-order valence-corrected chi connectivity index (χ3v) is 8.24. The number of benzene rings is 5. The van der Waals surface area contributed by atoms with Crippen molar-refractivity contribution in [2.24, 2.45) is 0 Å². The van der Waals surface area contributed by atoms with Crippen molar-refractivity contribution in [1.82, 2.24) is 14.5 Å². The summed E-state index contributed by atoms with van der Waals surface area (Å²) in [7, 11) is 0. The lowest BCUT2D eigenvalue weighted by molar-refractivity contribution is 0.998. The molecule has 0 aliphatic carbocycles. The second kappa shape index (κ2) is 8.37. The van der Waals surface area contributed by atoms with E-state index in [1.165, 1.54) is 31.6 Å². The van der Waals surface area contributed by atoms with Crippen LogP contribution < -0.4 is 0 Å². The van der Waals surface area contributed by atoms with E-state index in [0.29, 0.717) is 5.95 Å². The van der Waals surface area contributed by atoms with Crippen LogP contribution in [0.4, 0.5) is 0 Å². The maximum absolute atomic E-state index is 5.20. The Morgan fingerprint density at radius 2 is 1.11 bits per heavy atom. The minimum Gasteiger partial charge on any atom is -0.277 e. The van der Waals surface area contributed by atoms with Crippen molar-refractivity contribution < 1.29 is 0 Å². The summed E-state index contributed by atoms with van der Waals surface area (Å²) in [5.41, 5.74) is 6.21. The Morgan fingerprint density at radius 1 is 0.526 bits per heavy atom. The van der Waals surface area contributed by atoms with Gasteiger partial charge in [-0.3, -0.25) is 4.57 Å². The molecule has 5 aromatic carbocycles. The third kappa shape index (κ3) is 3.14. The number of hydrogen-bond donors (Lipinski definition) is 0. The van der Waals surface area contributed by atoms with Gasteiger partial charge in [0.05, 0.1) is 22.4 Å². The van der Waals surface area contributed by atoms with Gasteiger partial charge in [-0.1, -0.05) is 103 Å². The Hall–Kier alpha value is -4.80. The van der Waals surface area contributed by atoms with Crippen LogP contribution in [0.5, 0.6) is 0 Å². The topological polar surface area (TPSA) is 30.7 Å². The molecule has 0 amide bonds. The van der Waals surface area contributed by atoms with Crippen LogP contribution in [0.25, 0.3) is 71.1 Å². The van der Waals surface area contributed by atoms with Gasteiger partial charge in [-0.05, 0) is 29.0 Å². The van der Waals surface area contributed by atoms with Crippen LogP contribution >= 0.6 is 11.3 Å². The summed E-state index contributed by atoms with van der Waals surface area (Å²) < 4.78 is 3.56. The predicted octanol–water partition coefficient (Wildman–Crippen LogP) is 9.28. The Labute approximate surface area is 223 Å². The minimum absolute atomic E-state index is 0.680. The number of aromatic nitrogens is 3. The Morgan fingerprint density at radius 3 is 1.79 bits per heavy atom. The quantitative estimate of drug-likeness (QED) is 0.240. The smallest absolute Gasteiger partial charge is 0.235 e. The zero-order chi connectivity index (χ0) is 25.1. The molecule has 0 saturated heterocycles. The van der Waals surface area contributed by atoms with Crippen molar-refractivity contribution in [3.8, 4) is 28.5 Å². The molecular weight excluding hydrogens is 482 g/mol. The lowest BCUT2D eigenvalue weighted by atomic mass is 10.0. The first-order chi connectivity index (χ1) is 18.9. The number of fused-ring (bicyclic) bond motifs is 8. The SMILES string of the molecule is c1ccc(-c2cc(-c3ccccc3)nc(-n3c4ccccc4c4c5ccccc5c5sccc5c43)n2)cc1. The molecule has 0 N–H and O–H groups in total. The van der Waals surface area contributed by atoms with Crippen LogP contribution in [0.2, 0.25) is 0 Å². The van der Waals surface area contributed by atoms with E-state index in [-0.39, 0.29) is 0 Å². The van der Waals surface area contributed by atoms with Crippen LogP contribution in [-0.2, 0) is 0 Å². The van der Waals surface area contributed by atoms with E-state index in [1.807, 2.05) is 12.1 Å². The van der Waals surface area contributed by atoms with Crippen LogP contribution in [0, 0.1) is 0 Å². The van der Waals surface area contributed by atoms with Gasteiger partial charge in [0.2, 0.25) is 5.95 Å². The minimum atomic E-state index is 0.680. The standard InChI is InChI=1S/C34H21N3S/c1-3-11-22(12-4-1)28-21-29(23-13-5-2-6-14-23)36-34(35-28)37-30-18-10-9-17-26(30)31-24-15-7-8-16-25(24)33-27(32(31)37)19-20-38-33/h1-21H. The van der Waals surface area contributed by atoms with E-state index in [0.717, 1.165) is 33.5 Å². The van der Waals surface area contributed by atoms with E-state index in [1.54, 1.807) is 11.3 Å². The molecule has 0 spiro atoms. The molecule has 0 aliphatic rings. The van der Waals surface area contributed by atoms with Crippen LogP contribution in [0.3, 0.4) is 0 Å². The molecule has 0 aliphatic heterocycles. The lowest BCUT2D eigenvalue weighted by Gasteiger charge is -2.12. The van der Waals surface area contributed by atoms with Gasteiger partial charge < -0.3 is 0 Å². The number of hydrogen-bond acceptors (Lipinski definition) is 3. The summed E-state index contributed by atoms with van der Waals surface area (Å²) in [6.45, 7) is 0. The van der Waals surface area contributed by atoms with Crippen molar-refractivity contribution in [1.29, 1.82) is 0 Å². The van der Waals surface area contributed by atoms with Crippen molar-refractivity contribution in [3.63, 3.8) is 0 Å². The van der Waals surface area contributed by atoms with Gasteiger partial charge in [0.1, 0.15) is 0 Å². The molecular formula is C34H21N3S.